The van der Waals surface area contributed by atoms with Crippen molar-refractivity contribution >= 4 is 27.3 Å². The predicted octanol–water partition coefficient (Wildman–Crippen LogP) is 2.39. The van der Waals surface area contributed by atoms with Gasteiger partial charge in [0.05, 0.1) is 9.48 Å². The van der Waals surface area contributed by atoms with E-state index < -0.39 is 0 Å². The fraction of sp³-hybridized carbons (Fsp3) is 0.200. The summed E-state index contributed by atoms with van der Waals surface area (Å²) in [5.41, 5.74) is 6.75. The highest BCUT2D eigenvalue weighted by Gasteiger charge is 2.15. The van der Waals surface area contributed by atoms with E-state index in [1.165, 1.54) is 4.88 Å². The Morgan fingerprint density at radius 1 is 1.40 bits per heavy atom. The largest absolute Gasteiger partial charge is 0.329 e. The van der Waals surface area contributed by atoms with Crippen LogP contribution < -0.4 is 5.73 Å². The summed E-state index contributed by atoms with van der Waals surface area (Å²) in [6.45, 7) is 0.559. The van der Waals surface area contributed by atoms with E-state index in [0.717, 1.165) is 9.48 Å². The van der Waals surface area contributed by atoms with Crippen molar-refractivity contribution in [3.8, 4) is 0 Å². The summed E-state index contributed by atoms with van der Waals surface area (Å²) >= 11 is 5.14. The molecule has 2 N–H and O–H groups in total. The van der Waals surface area contributed by atoms with Crippen LogP contribution in [0.5, 0.6) is 0 Å². The van der Waals surface area contributed by atoms with Crippen LogP contribution in [0.2, 0.25) is 0 Å². The quantitative estimate of drug-likeness (QED) is 0.941. The number of halogens is 1. The summed E-state index contributed by atoms with van der Waals surface area (Å²) < 4.78 is 1.12. The zero-order chi connectivity index (χ0) is 10.7. The van der Waals surface area contributed by atoms with Gasteiger partial charge in [0.25, 0.3) is 0 Å². The van der Waals surface area contributed by atoms with Crippen LogP contribution in [0.3, 0.4) is 0 Å². The Morgan fingerprint density at radius 3 is 2.80 bits per heavy atom. The van der Waals surface area contributed by atoms with E-state index in [0.29, 0.717) is 6.54 Å². The van der Waals surface area contributed by atoms with E-state index >= 15 is 0 Å². The molecule has 2 rings (SSSR count). The molecule has 0 bridgehead atoms. The molecular weight excluding hydrogens is 274 g/mol. The highest BCUT2D eigenvalue weighted by molar-refractivity contribution is 9.11. The van der Waals surface area contributed by atoms with Crippen LogP contribution in [-0.2, 0) is 0 Å². The Hall–Kier alpha value is -0.780. The monoisotopic (exact) mass is 283 g/mol. The van der Waals surface area contributed by atoms with E-state index in [1.807, 2.05) is 12.1 Å². The van der Waals surface area contributed by atoms with Gasteiger partial charge in [0.1, 0.15) is 6.33 Å². The molecule has 1 unspecified atom stereocenters. The first-order valence-electron chi connectivity index (χ1n) is 4.52. The molecule has 78 valence electrons. The van der Waals surface area contributed by atoms with E-state index in [9.17, 15) is 0 Å². The fourth-order valence-corrected chi connectivity index (χ4v) is 2.95. The minimum absolute atomic E-state index is 0.171. The molecule has 0 aromatic carbocycles. The second-order valence-electron chi connectivity index (χ2n) is 3.06. The van der Waals surface area contributed by atoms with Crippen LogP contribution in [0.4, 0.5) is 0 Å². The van der Waals surface area contributed by atoms with E-state index in [2.05, 4.69) is 32.0 Å². The molecule has 2 aromatic rings. The first kappa shape index (κ1) is 10.7. The smallest absolute Gasteiger partial charge is 0.115 e. The summed E-state index contributed by atoms with van der Waals surface area (Å²) in [5.74, 6) is 0.171. The molecule has 2 heterocycles. The van der Waals surface area contributed by atoms with Crippen LogP contribution in [-0.4, -0.2) is 16.5 Å². The van der Waals surface area contributed by atoms with Crippen molar-refractivity contribution in [1.29, 1.82) is 0 Å². The maximum atomic E-state index is 5.78. The molecule has 0 radical (unpaired) electrons. The van der Waals surface area contributed by atoms with E-state index in [-0.39, 0.29) is 5.92 Å². The molecule has 0 saturated heterocycles. The molecule has 0 fully saturated rings. The fourth-order valence-electron chi connectivity index (χ4n) is 1.41. The molecule has 15 heavy (non-hydrogen) atoms. The van der Waals surface area contributed by atoms with Gasteiger partial charge in [-0.15, -0.1) is 11.3 Å². The van der Waals surface area contributed by atoms with Gasteiger partial charge in [-0.25, -0.2) is 9.97 Å². The summed E-state index contributed by atoms with van der Waals surface area (Å²) in [4.78, 5) is 9.36. The predicted molar refractivity (Wildman–Crippen MR) is 64.9 cm³/mol. The van der Waals surface area contributed by atoms with E-state index in [4.69, 9.17) is 5.73 Å². The second kappa shape index (κ2) is 4.83. The standard InChI is InChI=1S/C10H10BrN3S/c11-10-2-1-9(15-10)7(5-12)8-3-4-13-6-14-8/h1-4,6-7H,5,12H2. The molecule has 1 atom stereocenters. The SMILES string of the molecule is NCC(c1ccncn1)c1ccc(Br)s1. The minimum Gasteiger partial charge on any atom is -0.329 e. The van der Waals surface area contributed by atoms with Crippen LogP contribution in [0.1, 0.15) is 16.5 Å². The van der Waals surface area contributed by atoms with Crippen LogP contribution in [0.25, 0.3) is 0 Å². The van der Waals surface area contributed by atoms with Crippen molar-refractivity contribution in [3.05, 3.63) is 45.1 Å². The lowest BCUT2D eigenvalue weighted by Crippen LogP contribution is -2.13. The van der Waals surface area contributed by atoms with Gasteiger partial charge in [-0.05, 0) is 34.1 Å². The van der Waals surface area contributed by atoms with E-state index in [1.54, 1.807) is 23.9 Å². The summed E-state index contributed by atoms with van der Waals surface area (Å²) in [6, 6.07) is 6.02. The van der Waals surface area contributed by atoms with Crippen molar-refractivity contribution in [2.45, 2.75) is 5.92 Å². The topological polar surface area (TPSA) is 51.8 Å². The number of hydrogen-bond acceptors (Lipinski definition) is 4. The third-order valence-corrected chi connectivity index (χ3v) is 3.87. The molecular formula is C10H10BrN3S. The number of nitrogens with two attached hydrogens (primary N) is 1. The van der Waals surface area contributed by atoms with Gasteiger partial charge in [-0.1, -0.05) is 0 Å². The number of aromatic nitrogens is 2. The van der Waals surface area contributed by atoms with Gasteiger partial charge in [0.2, 0.25) is 0 Å². The van der Waals surface area contributed by atoms with Crippen molar-refractivity contribution in [1.82, 2.24) is 9.97 Å². The maximum absolute atomic E-state index is 5.78. The maximum Gasteiger partial charge on any atom is 0.115 e. The molecule has 0 spiro atoms. The van der Waals surface area contributed by atoms with Gasteiger partial charge < -0.3 is 5.73 Å². The Kier molecular flexibility index (Phi) is 3.45. The Balaban J connectivity index is 2.33. The molecule has 3 nitrogen and oxygen atoms in total. The third kappa shape index (κ3) is 2.42. The van der Waals surface area contributed by atoms with Crippen LogP contribution >= 0.6 is 27.3 Å². The van der Waals surface area contributed by atoms with Gasteiger partial charge in [0, 0.05) is 23.5 Å². The van der Waals surface area contributed by atoms with Crippen molar-refractivity contribution in [2.75, 3.05) is 6.54 Å². The summed E-state index contributed by atoms with van der Waals surface area (Å²) in [6.07, 6.45) is 3.30. The highest BCUT2D eigenvalue weighted by atomic mass is 79.9. The Bertz CT molecular complexity index is 429. The van der Waals surface area contributed by atoms with Crippen LogP contribution in [0, 0.1) is 0 Å². The lowest BCUT2D eigenvalue weighted by molar-refractivity contribution is 0.795. The number of hydrogen-bond donors (Lipinski definition) is 1. The Morgan fingerprint density at radius 2 is 2.27 bits per heavy atom. The second-order valence-corrected chi connectivity index (χ2v) is 5.56. The van der Waals surface area contributed by atoms with Crippen LogP contribution in [0.15, 0.2) is 34.5 Å². The molecule has 0 amide bonds. The van der Waals surface area contributed by atoms with Gasteiger partial charge >= 0.3 is 0 Å². The van der Waals surface area contributed by atoms with Gasteiger partial charge in [-0.2, -0.15) is 0 Å². The Labute approximate surface area is 101 Å². The number of nitrogens with zero attached hydrogens (tertiary/aromatic N) is 2. The van der Waals surface area contributed by atoms with Crippen molar-refractivity contribution in [2.24, 2.45) is 5.73 Å². The zero-order valence-corrected chi connectivity index (χ0v) is 10.3. The lowest BCUT2D eigenvalue weighted by Gasteiger charge is -2.11. The normalized spacial score (nSPS) is 12.7. The highest BCUT2D eigenvalue weighted by Crippen LogP contribution is 2.31. The molecule has 0 aliphatic rings. The van der Waals surface area contributed by atoms with Crippen molar-refractivity contribution < 1.29 is 0 Å². The minimum atomic E-state index is 0.171. The molecule has 5 heteroatoms. The molecule has 0 aliphatic carbocycles. The average molecular weight is 284 g/mol. The molecule has 0 aliphatic heterocycles. The average Bonchev–Trinajstić information content (AvgIpc) is 2.68. The van der Waals surface area contributed by atoms with Gasteiger partial charge in [0.15, 0.2) is 0 Å². The van der Waals surface area contributed by atoms with Crippen molar-refractivity contribution in [3.63, 3.8) is 0 Å². The number of thiophene rings is 1. The first-order chi connectivity index (χ1) is 7.31. The first-order valence-corrected chi connectivity index (χ1v) is 6.13. The zero-order valence-electron chi connectivity index (χ0n) is 7.93. The lowest BCUT2D eigenvalue weighted by atomic mass is 10.0. The summed E-state index contributed by atoms with van der Waals surface area (Å²) in [5, 5.41) is 0. The molecule has 0 saturated carbocycles. The third-order valence-electron chi connectivity index (χ3n) is 2.13. The number of rotatable bonds is 3. The van der Waals surface area contributed by atoms with Gasteiger partial charge in [-0.3, -0.25) is 0 Å². The summed E-state index contributed by atoms with van der Waals surface area (Å²) in [7, 11) is 0. The molecule has 2 aromatic heterocycles.